The summed E-state index contributed by atoms with van der Waals surface area (Å²) in [6, 6.07) is 9.80. The van der Waals surface area contributed by atoms with Crippen molar-refractivity contribution in [1.29, 1.82) is 5.26 Å². The quantitative estimate of drug-likeness (QED) is 0.245. The Morgan fingerprint density at radius 3 is 2.47 bits per heavy atom. The van der Waals surface area contributed by atoms with Crippen LogP contribution in [0.5, 0.6) is 5.75 Å². The van der Waals surface area contributed by atoms with Gasteiger partial charge in [0.15, 0.2) is 8.32 Å². The van der Waals surface area contributed by atoms with Crippen LogP contribution in [0.2, 0.25) is 18.1 Å². The molecule has 3 aromatic rings. The highest BCUT2D eigenvalue weighted by atomic mass is 28.4. The number of carbonyl (C=O) groups is 1. The second-order valence-corrected chi connectivity index (χ2v) is 20.3. The summed E-state index contributed by atoms with van der Waals surface area (Å²) in [5.41, 5.74) is 2.98. The van der Waals surface area contributed by atoms with Gasteiger partial charge in [-0.15, -0.1) is 0 Å². The largest absolute Gasteiger partial charge is 0.494 e. The topological polar surface area (TPSA) is 135 Å². The minimum atomic E-state index is -2.10. The maximum atomic E-state index is 13.4. The fraction of sp³-hybridized carbons (Fsp3) is 0.528. The Labute approximate surface area is 290 Å². The second-order valence-electron chi connectivity index (χ2n) is 15.4. The van der Waals surface area contributed by atoms with Crippen molar-refractivity contribution in [2.45, 2.75) is 77.6 Å². The molecule has 0 aliphatic carbocycles. The molecule has 2 aromatic heterocycles. The summed E-state index contributed by atoms with van der Waals surface area (Å²) in [5.74, 6) is 1.45. The lowest BCUT2D eigenvalue weighted by atomic mass is 9.85. The lowest BCUT2D eigenvalue weighted by molar-refractivity contribution is 0.0574. The molecule has 0 spiro atoms. The van der Waals surface area contributed by atoms with Crippen LogP contribution in [0.4, 0.5) is 27.9 Å². The van der Waals surface area contributed by atoms with Gasteiger partial charge in [0.05, 0.1) is 43.0 Å². The predicted octanol–water partition coefficient (Wildman–Crippen LogP) is 7.03. The van der Waals surface area contributed by atoms with Crippen LogP contribution in [-0.4, -0.2) is 81.5 Å². The summed E-state index contributed by atoms with van der Waals surface area (Å²) < 4.78 is 23.7. The Hall–Kier alpha value is -4.25. The van der Waals surface area contributed by atoms with Gasteiger partial charge in [0, 0.05) is 61.2 Å². The van der Waals surface area contributed by atoms with Crippen LogP contribution in [0.3, 0.4) is 0 Å². The smallest absolute Gasteiger partial charge is 0.416 e. The first-order valence-corrected chi connectivity index (χ1v) is 19.6. The van der Waals surface area contributed by atoms with Crippen molar-refractivity contribution in [1.82, 2.24) is 15.0 Å². The number of benzene rings is 1. The summed E-state index contributed by atoms with van der Waals surface area (Å²) in [6.45, 7) is 22.2. The highest BCUT2D eigenvalue weighted by Gasteiger charge is 2.47. The summed E-state index contributed by atoms with van der Waals surface area (Å²) in [7, 11) is -0.509. The molecule has 12 nitrogen and oxygen atoms in total. The molecule has 0 radical (unpaired) electrons. The van der Waals surface area contributed by atoms with Crippen LogP contribution >= 0.6 is 0 Å². The summed E-state index contributed by atoms with van der Waals surface area (Å²) in [6.07, 6.45) is 2.95. The third-order valence-corrected chi connectivity index (χ3v) is 13.9. The van der Waals surface area contributed by atoms with Crippen LogP contribution in [0.1, 0.15) is 59.6 Å². The molecule has 4 heterocycles. The number of morpholine rings is 1. The van der Waals surface area contributed by atoms with E-state index >= 15 is 0 Å². The number of fused-ring (bicyclic) bond motifs is 1. The summed E-state index contributed by atoms with van der Waals surface area (Å²) in [4.78, 5) is 31.2. The number of hydrogen-bond acceptors (Lipinski definition) is 11. The van der Waals surface area contributed by atoms with Gasteiger partial charge in [0.25, 0.3) is 0 Å². The Morgan fingerprint density at radius 2 is 1.84 bits per heavy atom. The Morgan fingerprint density at radius 1 is 1.12 bits per heavy atom. The fourth-order valence-electron chi connectivity index (χ4n) is 5.60. The minimum absolute atomic E-state index is 0.0274. The molecule has 262 valence electrons. The zero-order chi connectivity index (χ0) is 35.8. The molecule has 1 amide bonds. The van der Waals surface area contributed by atoms with Crippen molar-refractivity contribution in [2.24, 2.45) is 0 Å². The van der Waals surface area contributed by atoms with Crippen molar-refractivity contribution >= 4 is 37.6 Å². The molecule has 49 heavy (non-hydrogen) atoms. The number of nitrogens with one attached hydrogen (secondary N) is 1. The van der Waals surface area contributed by atoms with Crippen LogP contribution in [0.25, 0.3) is 11.3 Å². The predicted molar refractivity (Wildman–Crippen MR) is 193 cm³/mol. The fourth-order valence-corrected chi connectivity index (χ4v) is 6.72. The first-order valence-electron chi connectivity index (χ1n) is 16.6. The Balaban J connectivity index is 1.48. The van der Waals surface area contributed by atoms with E-state index in [1.54, 1.807) is 30.5 Å². The molecular weight excluding hydrogens is 639 g/mol. The molecule has 1 atom stereocenters. The molecule has 2 aliphatic heterocycles. The van der Waals surface area contributed by atoms with Crippen molar-refractivity contribution in [3.05, 3.63) is 47.8 Å². The van der Waals surface area contributed by atoms with E-state index in [1.165, 1.54) is 0 Å². The number of nitriles is 1. The Kier molecular flexibility index (Phi) is 9.98. The molecule has 1 N–H and O–H groups in total. The average molecular weight is 688 g/mol. The standard InChI is InChI=1S/C36H49N7O5Si/c1-34(2,3)48-33(44)43-22-36(7,23-47-49(9,10)35(4,5)6)26-17-25(21-39-31(26)43)27-11-12-38-32(40-27)41-28-18-24(20-37)29(19-30(28)45-8)42-13-15-46-16-14-42/h11-12,17-19,21H,13-16,22-23H2,1-10H3,(H,38,40,41). The highest BCUT2D eigenvalue weighted by molar-refractivity contribution is 6.74. The maximum Gasteiger partial charge on any atom is 0.416 e. The third kappa shape index (κ3) is 7.82. The number of pyridine rings is 1. The van der Waals surface area contributed by atoms with Crippen LogP contribution in [0, 0.1) is 11.3 Å². The zero-order valence-electron chi connectivity index (χ0n) is 30.4. The third-order valence-electron chi connectivity index (χ3n) is 9.44. The average Bonchev–Trinajstić information content (AvgIpc) is 3.35. The minimum Gasteiger partial charge on any atom is -0.494 e. The summed E-state index contributed by atoms with van der Waals surface area (Å²) >= 11 is 0. The number of nitrogens with zero attached hydrogens (tertiary/aromatic N) is 6. The van der Waals surface area contributed by atoms with E-state index in [-0.39, 0.29) is 5.04 Å². The van der Waals surface area contributed by atoms with Gasteiger partial charge < -0.3 is 28.9 Å². The first kappa shape index (κ1) is 36.0. The molecule has 1 unspecified atom stereocenters. The molecule has 0 bridgehead atoms. The molecule has 1 saturated heterocycles. The SMILES string of the molecule is COc1cc(N2CCOCC2)c(C#N)cc1Nc1nccc(-c2cnc3c(c2)C(C)(CO[Si](C)(C)C(C)(C)C)CN3C(=O)OC(C)(C)C)n1. The number of methoxy groups -OCH3 is 1. The number of amides is 1. The lowest BCUT2D eigenvalue weighted by Crippen LogP contribution is -2.46. The van der Waals surface area contributed by atoms with Crippen molar-refractivity contribution in [3.63, 3.8) is 0 Å². The number of carbonyl (C=O) groups excluding carboxylic acids is 1. The monoisotopic (exact) mass is 687 g/mol. The molecule has 0 saturated carbocycles. The van der Waals surface area contributed by atoms with Gasteiger partial charge in [-0.2, -0.15) is 5.26 Å². The zero-order valence-corrected chi connectivity index (χ0v) is 31.4. The molecule has 1 fully saturated rings. The van der Waals surface area contributed by atoms with E-state index < -0.39 is 25.4 Å². The van der Waals surface area contributed by atoms with E-state index in [2.05, 4.69) is 62.1 Å². The molecular formula is C36H49N7O5Si. The van der Waals surface area contributed by atoms with E-state index in [1.807, 2.05) is 39.0 Å². The molecule has 5 rings (SSSR count). The van der Waals surface area contributed by atoms with E-state index in [9.17, 15) is 10.1 Å². The number of anilines is 4. The molecule has 13 heteroatoms. The lowest BCUT2D eigenvalue weighted by Gasteiger charge is -2.39. The highest BCUT2D eigenvalue weighted by Crippen LogP contribution is 2.44. The van der Waals surface area contributed by atoms with Gasteiger partial charge in [-0.05, 0) is 57.1 Å². The van der Waals surface area contributed by atoms with Crippen LogP contribution in [0.15, 0.2) is 36.7 Å². The van der Waals surface area contributed by atoms with E-state index in [0.29, 0.717) is 73.9 Å². The number of aromatic nitrogens is 3. The van der Waals surface area contributed by atoms with Gasteiger partial charge >= 0.3 is 6.09 Å². The van der Waals surface area contributed by atoms with Crippen molar-refractivity contribution in [3.8, 4) is 23.1 Å². The van der Waals surface area contributed by atoms with Gasteiger partial charge in [0.2, 0.25) is 5.95 Å². The van der Waals surface area contributed by atoms with Gasteiger partial charge in [0.1, 0.15) is 23.2 Å². The van der Waals surface area contributed by atoms with Crippen LogP contribution in [-0.2, 0) is 19.3 Å². The molecule has 1 aromatic carbocycles. The van der Waals surface area contributed by atoms with E-state index in [4.69, 9.17) is 28.6 Å². The van der Waals surface area contributed by atoms with E-state index in [0.717, 1.165) is 16.8 Å². The number of hydrogen-bond donors (Lipinski definition) is 1. The summed E-state index contributed by atoms with van der Waals surface area (Å²) in [5, 5.41) is 13.3. The van der Waals surface area contributed by atoms with Crippen molar-refractivity contribution in [2.75, 3.05) is 61.7 Å². The van der Waals surface area contributed by atoms with Gasteiger partial charge in [-0.25, -0.2) is 19.7 Å². The van der Waals surface area contributed by atoms with Crippen LogP contribution < -0.4 is 19.9 Å². The first-order chi connectivity index (χ1) is 22.9. The van der Waals surface area contributed by atoms with Crippen molar-refractivity contribution < 1.29 is 23.4 Å². The second kappa shape index (κ2) is 13.6. The van der Waals surface area contributed by atoms with Gasteiger partial charge in [-0.1, -0.05) is 27.7 Å². The number of rotatable bonds is 8. The van der Waals surface area contributed by atoms with Gasteiger partial charge in [-0.3, -0.25) is 4.90 Å². The normalized spacial score (nSPS) is 18.1. The Bertz CT molecular complexity index is 1740. The molecule has 2 aliphatic rings. The number of ether oxygens (including phenoxy) is 3. The maximum absolute atomic E-state index is 13.4.